The zero-order valence-electron chi connectivity index (χ0n) is 20.5. The van der Waals surface area contributed by atoms with Crippen LogP contribution < -0.4 is 32.8 Å². The van der Waals surface area contributed by atoms with Crippen molar-refractivity contribution in [2.45, 2.75) is 13.3 Å². The molecule has 0 bridgehead atoms. The second kappa shape index (κ2) is 9.54. The predicted molar refractivity (Wildman–Crippen MR) is 133 cm³/mol. The molecule has 11 heteroatoms. The second-order valence-electron chi connectivity index (χ2n) is 9.12. The van der Waals surface area contributed by atoms with E-state index in [0.29, 0.717) is 42.4 Å². The number of likely N-dealkylation sites (N-methyl/N-ethyl adjacent to an activating group) is 1. The molecule has 0 saturated carbocycles. The molecule has 5 rings (SSSR count). The summed E-state index contributed by atoms with van der Waals surface area (Å²) in [6.07, 6.45) is 4.06. The maximum atomic E-state index is 13.3. The average molecular weight is 510 g/mol. The predicted octanol–water partition coefficient (Wildman–Crippen LogP) is -0.950. The summed E-state index contributed by atoms with van der Waals surface area (Å²) in [6, 6.07) is 9.90. The molecule has 1 aromatic carbocycles. The van der Waals surface area contributed by atoms with Gasteiger partial charge < -0.3 is 27.3 Å². The molecule has 1 fully saturated rings. The Bertz CT molecular complexity index is 1490. The molecule has 4 heterocycles. The maximum absolute atomic E-state index is 13.3. The van der Waals surface area contributed by atoms with Crippen molar-refractivity contribution in [1.29, 1.82) is 0 Å². The van der Waals surface area contributed by atoms with Crippen molar-refractivity contribution in [3.63, 3.8) is 0 Å². The van der Waals surface area contributed by atoms with E-state index in [-0.39, 0.29) is 24.1 Å². The topological polar surface area (TPSA) is 111 Å². The zero-order valence-corrected chi connectivity index (χ0v) is 21.3. The molecule has 0 radical (unpaired) electrons. The SMILES string of the molecule is Cc1ccc(Cc2c[nH+]c(-c3nc4c(N5CCN(C)C5=O)cc(N(C)C)cn4c(=O)c3O)[nH]2)cc1.[Cl-]. The standard InChI is InChI=1S/C25H27N7O3.ClH/c1-15-5-7-16(8-6-15)11-17-13-26-22(27-17)20-21(33)24(34)32-14-18(29(2)3)12-19(23(32)28-20)31-10-9-30(4)25(31)35;/h5-8,12-14,33H,9-11H2,1-4H3,(H,26,27);1H. The van der Waals surface area contributed by atoms with Gasteiger partial charge in [-0.2, -0.15) is 0 Å². The summed E-state index contributed by atoms with van der Waals surface area (Å²) in [4.78, 5) is 42.1. The number of nitrogens with one attached hydrogen (secondary N) is 2. The van der Waals surface area contributed by atoms with E-state index in [2.05, 4.69) is 39.2 Å². The average Bonchev–Trinajstić information content (AvgIpc) is 3.43. The monoisotopic (exact) mass is 509 g/mol. The lowest BCUT2D eigenvalue weighted by Gasteiger charge is -2.21. The van der Waals surface area contributed by atoms with Gasteiger partial charge in [-0.05, 0) is 18.6 Å². The Morgan fingerprint density at radius 1 is 1.17 bits per heavy atom. The number of halogens is 1. The Labute approximate surface area is 214 Å². The van der Waals surface area contributed by atoms with Crippen LogP contribution in [0.25, 0.3) is 17.2 Å². The molecule has 36 heavy (non-hydrogen) atoms. The number of hydrogen-bond donors (Lipinski definition) is 2. The van der Waals surface area contributed by atoms with Gasteiger partial charge in [-0.15, -0.1) is 0 Å². The van der Waals surface area contributed by atoms with Crippen molar-refractivity contribution in [2.75, 3.05) is 44.0 Å². The number of carbonyl (C=O) groups excluding carboxylic acids is 1. The summed E-state index contributed by atoms with van der Waals surface area (Å²) < 4.78 is 1.30. The Morgan fingerprint density at radius 2 is 1.89 bits per heavy atom. The Kier molecular flexibility index (Phi) is 6.64. The molecule has 1 aliphatic rings. The van der Waals surface area contributed by atoms with Crippen LogP contribution in [0, 0.1) is 6.92 Å². The molecule has 1 aliphatic heterocycles. The van der Waals surface area contributed by atoms with Gasteiger partial charge in [-0.3, -0.25) is 14.1 Å². The van der Waals surface area contributed by atoms with Crippen LogP contribution in [-0.2, 0) is 6.42 Å². The number of rotatable bonds is 5. The van der Waals surface area contributed by atoms with Gasteiger partial charge in [0.25, 0.3) is 0 Å². The summed E-state index contributed by atoms with van der Waals surface area (Å²) in [5.74, 6) is -0.0640. The number of aromatic amines is 2. The number of aromatic nitrogens is 4. The van der Waals surface area contributed by atoms with Crippen LogP contribution in [0.15, 0.2) is 47.5 Å². The number of aryl methyl sites for hydroxylation is 1. The fourth-order valence-corrected chi connectivity index (χ4v) is 4.23. The third kappa shape index (κ3) is 4.35. The molecule has 3 aromatic heterocycles. The molecule has 0 atom stereocenters. The van der Waals surface area contributed by atoms with Crippen LogP contribution in [0.1, 0.15) is 16.8 Å². The van der Waals surface area contributed by atoms with E-state index in [4.69, 9.17) is 0 Å². The maximum Gasteiger partial charge on any atom is 0.324 e. The highest BCUT2D eigenvalue weighted by atomic mass is 35.5. The van der Waals surface area contributed by atoms with Crippen molar-refractivity contribution in [3.05, 3.63) is 69.9 Å². The van der Waals surface area contributed by atoms with Crippen molar-refractivity contribution < 1.29 is 27.3 Å². The molecular weight excluding hydrogens is 482 g/mol. The van der Waals surface area contributed by atoms with Crippen LogP contribution >= 0.6 is 0 Å². The van der Waals surface area contributed by atoms with E-state index in [0.717, 1.165) is 11.3 Å². The van der Waals surface area contributed by atoms with Crippen molar-refractivity contribution in [1.82, 2.24) is 19.3 Å². The van der Waals surface area contributed by atoms with Gasteiger partial charge in [0, 0.05) is 46.9 Å². The lowest BCUT2D eigenvalue weighted by Crippen LogP contribution is -3.00. The molecule has 0 aliphatic carbocycles. The van der Waals surface area contributed by atoms with Crippen LogP contribution in [0.2, 0.25) is 0 Å². The van der Waals surface area contributed by atoms with E-state index < -0.39 is 11.3 Å². The smallest absolute Gasteiger partial charge is 0.324 e. The van der Waals surface area contributed by atoms with Gasteiger partial charge in [0.2, 0.25) is 11.4 Å². The van der Waals surface area contributed by atoms with Gasteiger partial charge >= 0.3 is 17.4 Å². The minimum absolute atomic E-state index is 0. The van der Waals surface area contributed by atoms with Crippen molar-refractivity contribution in [2.24, 2.45) is 0 Å². The first-order valence-corrected chi connectivity index (χ1v) is 11.4. The van der Waals surface area contributed by atoms with Crippen LogP contribution in [0.4, 0.5) is 16.2 Å². The van der Waals surface area contributed by atoms with Crippen LogP contribution in [0.3, 0.4) is 0 Å². The number of nitrogens with zero attached hydrogens (tertiary/aromatic N) is 5. The number of pyridine rings is 1. The summed E-state index contributed by atoms with van der Waals surface area (Å²) in [7, 11) is 5.43. The first-order valence-electron chi connectivity index (χ1n) is 11.4. The summed E-state index contributed by atoms with van der Waals surface area (Å²) >= 11 is 0. The number of urea groups is 1. The van der Waals surface area contributed by atoms with Gasteiger partial charge in [0.05, 0.1) is 11.4 Å². The third-order valence-electron chi connectivity index (χ3n) is 6.32. The summed E-state index contributed by atoms with van der Waals surface area (Å²) in [5.41, 5.74) is 4.19. The molecule has 3 N–H and O–H groups in total. The van der Waals surface area contributed by atoms with E-state index in [1.54, 1.807) is 29.2 Å². The lowest BCUT2D eigenvalue weighted by molar-refractivity contribution is -0.362. The van der Waals surface area contributed by atoms with Crippen molar-refractivity contribution in [3.8, 4) is 17.3 Å². The molecule has 1 saturated heterocycles. The second-order valence-corrected chi connectivity index (χ2v) is 9.12. The van der Waals surface area contributed by atoms with E-state index in [1.165, 1.54) is 9.96 Å². The molecular formula is C25H28ClN7O3. The van der Waals surface area contributed by atoms with Gasteiger partial charge in [0.1, 0.15) is 11.9 Å². The third-order valence-corrected chi connectivity index (χ3v) is 6.32. The Hall–Kier alpha value is -4.05. The van der Waals surface area contributed by atoms with E-state index in [1.807, 2.05) is 32.0 Å². The Balaban J connectivity index is 0.00000304. The number of hydrogen-bond acceptors (Lipinski definition) is 5. The van der Waals surface area contributed by atoms with Gasteiger partial charge in [-0.1, -0.05) is 29.8 Å². The molecule has 0 spiro atoms. The number of imidazole rings is 1. The largest absolute Gasteiger partial charge is 1.00 e. The molecule has 188 valence electrons. The Morgan fingerprint density at radius 3 is 2.53 bits per heavy atom. The molecule has 4 aromatic rings. The number of benzene rings is 1. The van der Waals surface area contributed by atoms with E-state index >= 15 is 0 Å². The normalized spacial score (nSPS) is 13.4. The quantitative estimate of drug-likeness (QED) is 0.360. The number of amides is 2. The fourth-order valence-electron chi connectivity index (χ4n) is 4.23. The summed E-state index contributed by atoms with van der Waals surface area (Å²) in [6.45, 7) is 3.09. The minimum Gasteiger partial charge on any atom is -1.00 e. The number of H-pyrrole nitrogens is 2. The fraction of sp³-hybridized carbons (Fsp3) is 0.280. The number of fused-ring (bicyclic) bond motifs is 1. The number of anilines is 2. The highest BCUT2D eigenvalue weighted by molar-refractivity contribution is 5.98. The van der Waals surface area contributed by atoms with Gasteiger partial charge in [0.15, 0.2) is 5.65 Å². The molecule has 10 nitrogen and oxygen atoms in total. The molecule has 0 unspecified atom stereocenters. The highest BCUT2D eigenvalue weighted by Crippen LogP contribution is 2.31. The number of aromatic hydroxyl groups is 1. The lowest BCUT2D eigenvalue weighted by atomic mass is 10.1. The summed E-state index contributed by atoms with van der Waals surface area (Å²) in [5, 5.41) is 10.8. The minimum atomic E-state index is -0.613. The highest BCUT2D eigenvalue weighted by Gasteiger charge is 2.31. The molecule has 2 amide bonds. The van der Waals surface area contributed by atoms with Crippen LogP contribution in [-0.4, -0.2) is 64.6 Å². The van der Waals surface area contributed by atoms with Crippen LogP contribution in [0.5, 0.6) is 5.75 Å². The van der Waals surface area contributed by atoms with E-state index in [9.17, 15) is 14.7 Å². The number of carbonyl (C=O) groups is 1. The first kappa shape index (κ1) is 25.1. The first-order chi connectivity index (χ1) is 16.7. The van der Waals surface area contributed by atoms with Gasteiger partial charge in [-0.25, -0.2) is 19.7 Å². The van der Waals surface area contributed by atoms with Crippen molar-refractivity contribution >= 4 is 23.1 Å². The zero-order chi connectivity index (χ0) is 24.9.